The van der Waals surface area contributed by atoms with Crippen molar-refractivity contribution in [2.45, 2.75) is 13.8 Å². The van der Waals surface area contributed by atoms with E-state index in [0.717, 1.165) is 5.57 Å². The van der Waals surface area contributed by atoms with Gasteiger partial charge in [0, 0.05) is 11.3 Å². The number of allylic oxidation sites excluding steroid dienone is 2. The highest BCUT2D eigenvalue weighted by atomic mass is 16.5. The molecule has 2 aliphatic heterocycles. The average molecular weight is 487 g/mol. The van der Waals surface area contributed by atoms with Gasteiger partial charge in [-0.15, -0.1) is 0 Å². The standard InChI is InChI=1S/C28H26N2O6/c1-14-13-28(2)22-20(24(31)29(26(22)33)15-5-9-17(35-3)10-6-15)19(14)21-23(28)27(34)30(25(21)32)16-7-11-18(36-4)12-8-16/h5-13,19-23H,1-4H3/t19?,20-,21+,22-,23+,28?. The van der Waals surface area contributed by atoms with E-state index >= 15 is 0 Å². The molecule has 2 aromatic carbocycles. The molecular weight excluding hydrogens is 460 g/mol. The second-order valence-electron chi connectivity index (χ2n) is 10.2. The van der Waals surface area contributed by atoms with Crippen LogP contribution in [0.3, 0.4) is 0 Å². The molecule has 8 nitrogen and oxygen atoms in total. The fourth-order valence-electron chi connectivity index (χ4n) is 7.13. The van der Waals surface area contributed by atoms with Crippen molar-refractivity contribution in [3.63, 3.8) is 0 Å². The molecule has 2 aromatic rings. The van der Waals surface area contributed by atoms with Crippen LogP contribution in [0.1, 0.15) is 13.8 Å². The Balaban J connectivity index is 1.42. The van der Waals surface area contributed by atoms with Crippen LogP contribution < -0.4 is 19.3 Å². The molecule has 5 aliphatic rings. The molecule has 7 rings (SSSR count). The van der Waals surface area contributed by atoms with Gasteiger partial charge in [-0.1, -0.05) is 18.6 Å². The van der Waals surface area contributed by atoms with Gasteiger partial charge >= 0.3 is 0 Å². The minimum Gasteiger partial charge on any atom is -0.497 e. The Labute approximate surface area is 208 Å². The molecule has 2 bridgehead atoms. The second kappa shape index (κ2) is 7.53. The normalized spacial score (nSPS) is 32.6. The van der Waals surface area contributed by atoms with Crippen molar-refractivity contribution < 1.29 is 28.7 Å². The van der Waals surface area contributed by atoms with Gasteiger partial charge < -0.3 is 9.47 Å². The van der Waals surface area contributed by atoms with Gasteiger partial charge in [0.2, 0.25) is 23.6 Å². The lowest BCUT2D eigenvalue weighted by atomic mass is 9.46. The molecule has 0 aromatic heterocycles. The summed E-state index contributed by atoms with van der Waals surface area (Å²) >= 11 is 0. The smallest absolute Gasteiger partial charge is 0.238 e. The zero-order valence-corrected chi connectivity index (χ0v) is 20.4. The molecule has 2 saturated heterocycles. The second-order valence-corrected chi connectivity index (χ2v) is 10.2. The van der Waals surface area contributed by atoms with Gasteiger partial charge in [0.25, 0.3) is 0 Å². The number of anilines is 2. The Morgan fingerprint density at radius 2 is 1.03 bits per heavy atom. The SMILES string of the molecule is COc1ccc(N2C(=O)[C@@H]3[C@@H](C2=O)C2C(C)=CC3(C)[C@H]3C(=O)N(c4ccc(OC)cc4)C(=O)[C@H]23)cc1. The number of carbonyl (C=O) groups excluding carboxylic acids is 4. The molecule has 184 valence electrons. The average Bonchev–Trinajstić information content (AvgIpc) is 3.30. The van der Waals surface area contributed by atoms with Crippen LogP contribution in [-0.2, 0) is 19.2 Å². The molecule has 0 radical (unpaired) electrons. The molecule has 6 atom stereocenters. The third kappa shape index (κ3) is 2.69. The first-order valence-corrected chi connectivity index (χ1v) is 12.0. The number of ether oxygens (including phenoxy) is 2. The van der Waals surface area contributed by atoms with Crippen LogP contribution in [0, 0.1) is 35.0 Å². The summed E-state index contributed by atoms with van der Waals surface area (Å²) in [5.74, 6) is -3.38. The number of benzene rings is 2. The number of hydrogen-bond donors (Lipinski definition) is 0. The van der Waals surface area contributed by atoms with Crippen LogP contribution in [0.15, 0.2) is 60.2 Å². The minimum atomic E-state index is -0.962. The maximum atomic E-state index is 13.8. The van der Waals surface area contributed by atoms with E-state index in [-0.39, 0.29) is 23.6 Å². The molecule has 3 fully saturated rings. The Morgan fingerprint density at radius 1 is 0.639 bits per heavy atom. The zero-order valence-electron chi connectivity index (χ0n) is 20.4. The van der Waals surface area contributed by atoms with E-state index in [1.54, 1.807) is 62.8 Å². The van der Waals surface area contributed by atoms with Crippen molar-refractivity contribution in [3.05, 3.63) is 60.2 Å². The maximum Gasteiger partial charge on any atom is 0.238 e. The number of nitrogens with zero attached hydrogens (tertiary/aromatic N) is 2. The van der Waals surface area contributed by atoms with Gasteiger partial charge in [0.15, 0.2) is 0 Å². The predicted molar refractivity (Wildman–Crippen MR) is 130 cm³/mol. The molecule has 2 heterocycles. The Morgan fingerprint density at radius 3 is 1.39 bits per heavy atom. The third-order valence-corrected chi connectivity index (χ3v) is 8.54. The van der Waals surface area contributed by atoms with Crippen molar-refractivity contribution in [1.29, 1.82) is 0 Å². The summed E-state index contributed by atoms with van der Waals surface area (Å²) in [4.78, 5) is 57.7. The van der Waals surface area contributed by atoms with Crippen molar-refractivity contribution in [1.82, 2.24) is 0 Å². The van der Waals surface area contributed by atoms with Crippen molar-refractivity contribution in [2.24, 2.45) is 35.0 Å². The highest BCUT2D eigenvalue weighted by molar-refractivity contribution is 6.26. The fraction of sp³-hybridized carbons (Fsp3) is 0.357. The predicted octanol–water partition coefficient (Wildman–Crippen LogP) is 3.21. The molecule has 1 saturated carbocycles. The highest BCUT2D eigenvalue weighted by Crippen LogP contribution is 2.66. The lowest BCUT2D eigenvalue weighted by Crippen LogP contribution is -2.57. The van der Waals surface area contributed by atoms with Crippen LogP contribution >= 0.6 is 0 Å². The minimum absolute atomic E-state index is 0.319. The van der Waals surface area contributed by atoms with Gasteiger partial charge in [-0.2, -0.15) is 0 Å². The summed E-state index contributed by atoms with van der Waals surface area (Å²) in [5.41, 5.74) is 0.846. The third-order valence-electron chi connectivity index (χ3n) is 8.54. The van der Waals surface area contributed by atoms with Crippen LogP contribution in [0.5, 0.6) is 11.5 Å². The van der Waals surface area contributed by atoms with Gasteiger partial charge in [0.05, 0.1) is 49.3 Å². The first-order valence-electron chi connectivity index (χ1n) is 12.0. The molecule has 3 aliphatic carbocycles. The van der Waals surface area contributed by atoms with E-state index in [4.69, 9.17) is 9.47 Å². The molecule has 0 spiro atoms. The van der Waals surface area contributed by atoms with Crippen LogP contribution in [0.4, 0.5) is 11.4 Å². The number of hydrogen-bond acceptors (Lipinski definition) is 6. The summed E-state index contributed by atoms with van der Waals surface area (Å²) in [5, 5.41) is 0. The van der Waals surface area contributed by atoms with E-state index in [1.807, 2.05) is 19.9 Å². The number of amides is 4. The molecule has 4 amide bonds. The van der Waals surface area contributed by atoms with Gasteiger partial charge in [-0.05, 0) is 55.5 Å². The number of carbonyl (C=O) groups is 4. The molecule has 36 heavy (non-hydrogen) atoms. The summed E-state index contributed by atoms with van der Waals surface area (Å²) in [7, 11) is 3.09. The van der Waals surface area contributed by atoms with Crippen LogP contribution in [-0.4, -0.2) is 37.8 Å². The van der Waals surface area contributed by atoms with Crippen molar-refractivity contribution in [2.75, 3.05) is 24.0 Å². The number of imide groups is 2. The molecule has 0 N–H and O–H groups in total. The Hall–Kier alpha value is -3.94. The van der Waals surface area contributed by atoms with E-state index in [1.165, 1.54) is 9.80 Å². The lowest BCUT2D eigenvalue weighted by Gasteiger charge is -2.53. The zero-order chi connectivity index (χ0) is 25.5. The lowest BCUT2D eigenvalue weighted by molar-refractivity contribution is -0.146. The monoisotopic (exact) mass is 486 g/mol. The van der Waals surface area contributed by atoms with E-state index in [2.05, 4.69) is 0 Å². The van der Waals surface area contributed by atoms with Crippen LogP contribution in [0.25, 0.3) is 0 Å². The van der Waals surface area contributed by atoms with E-state index < -0.39 is 35.0 Å². The molecule has 2 unspecified atom stereocenters. The van der Waals surface area contributed by atoms with Crippen LogP contribution in [0.2, 0.25) is 0 Å². The number of methoxy groups -OCH3 is 2. The Bertz CT molecular complexity index is 1250. The summed E-state index contributed by atoms with van der Waals surface area (Å²) in [6.07, 6.45) is 1.96. The number of rotatable bonds is 4. The fourth-order valence-corrected chi connectivity index (χ4v) is 7.13. The van der Waals surface area contributed by atoms with E-state index in [9.17, 15) is 19.2 Å². The summed E-state index contributed by atoms with van der Waals surface area (Å²) < 4.78 is 10.4. The highest BCUT2D eigenvalue weighted by Gasteiger charge is 2.74. The largest absolute Gasteiger partial charge is 0.497 e. The topological polar surface area (TPSA) is 93.2 Å². The Kier molecular flexibility index (Phi) is 4.71. The van der Waals surface area contributed by atoms with Gasteiger partial charge in [-0.3, -0.25) is 29.0 Å². The van der Waals surface area contributed by atoms with Crippen molar-refractivity contribution in [3.8, 4) is 11.5 Å². The molecule has 8 heteroatoms. The van der Waals surface area contributed by atoms with Gasteiger partial charge in [-0.25, -0.2) is 0 Å². The first kappa shape index (κ1) is 22.5. The summed E-state index contributed by atoms with van der Waals surface area (Å²) in [6.45, 7) is 3.75. The summed E-state index contributed by atoms with van der Waals surface area (Å²) in [6, 6.07) is 13.5. The first-order chi connectivity index (χ1) is 17.2. The maximum absolute atomic E-state index is 13.8. The van der Waals surface area contributed by atoms with Gasteiger partial charge in [0.1, 0.15) is 11.5 Å². The van der Waals surface area contributed by atoms with E-state index in [0.29, 0.717) is 22.9 Å². The quantitative estimate of drug-likeness (QED) is 0.487. The van der Waals surface area contributed by atoms with Crippen molar-refractivity contribution >= 4 is 35.0 Å². The molecular formula is C28H26N2O6.